The molecule has 0 spiro atoms. The first-order valence-corrected chi connectivity index (χ1v) is 7.69. The number of aromatic nitrogens is 2. The number of fused-ring (bicyclic) bond motifs is 1. The molecule has 1 aromatic heterocycles. The number of nitrogens with zero attached hydrogens (tertiary/aromatic N) is 3. The lowest BCUT2D eigenvalue weighted by molar-refractivity contribution is 0.771. The fourth-order valence-electron chi connectivity index (χ4n) is 2.46. The van der Waals surface area contributed by atoms with E-state index in [0.29, 0.717) is 22.6 Å². The molecule has 0 N–H and O–H groups in total. The van der Waals surface area contributed by atoms with Crippen LogP contribution >= 0.6 is 0 Å². The molecule has 4 nitrogen and oxygen atoms in total. The SMILES string of the molecule is Cc1nc2ccccc2c(=O)n1N=Cc1ccc(C(C)C)cc1. The summed E-state index contributed by atoms with van der Waals surface area (Å²) in [6.07, 6.45) is 1.69. The number of benzene rings is 2. The molecular weight excluding hydrogens is 286 g/mol. The van der Waals surface area contributed by atoms with Crippen molar-refractivity contribution in [1.29, 1.82) is 0 Å². The lowest BCUT2D eigenvalue weighted by atomic mass is 10.0. The predicted molar refractivity (Wildman–Crippen MR) is 94.3 cm³/mol. The standard InChI is InChI=1S/C19H19N3O/c1-13(2)16-10-8-15(9-11-16)12-20-22-14(3)21-18-7-5-4-6-17(18)19(22)23/h4-13H,1-3H3. The van der Waals surface area contributed by atoms with Gasteiger partial charge in [0.1, 0.15) is 5.82 Å². The Hall–Kier alpha value is -2.75. The smallest absolute Gasteiger partial charge is 0.267 e. The highest BCUT2D eigenvalue weighted by atomic mass is 16.1. The Morgan fingerprint density at radius 3 is 2.48 bits per heavy atom. The minimum atomic E-state index is -0.150. The van der Waals surface area contributed by atoms with Crippen LogP contribution in [-0.4, -0.2) is 15.9 Å². The minimum Gasteiger partial charge on any atom is -0.267 e. The summed E-state index contributed by atoms with van der Waals surface area (Å²) in [5, 5.41) is 4.89. The van der Waals surface area contributed by atoms with Gasteiger partial charge < -0.3 is 0 Å². The van der Waals surface area contributed by atoms with Crippen LogP contribution in [0.4, 0.5) is 0 Å². The minimum absolute atomic E-state index is 0.150. The summed E-state index contributed by atoms with van der Waals surface area (Å²) in [6, 6.07) is 15.5. The van der Waals surface area contributed by atoms with Crippen molar-refractivity contribution in [3.63, 3.8) is 0 Å². The van der Waals surface area contributed by atoms with Gasteiger partial charge in [0.15, 0.2) is 0 Å². The fourth-order valence-corrected chi connectivity index (χ4v) is 2.46. The van der Waals surface area contributed by atoms with Gasteiger partial charge in [0.05, 0.1) is 17.1 Å². The van der Waals surface area contributed by atoms with Gasteiger partial charge in [-0.3, -0.25) is 4.79 Å². The topological polar surface area (TPSA) is 47.2 Å². The van der Waals surface area contributed by atoms with E-state index in [9.17, 15) is 4.79 Å². The molecule has 23 heavy (non-hydrogen) atoms. The number of rotatable bonds is 3. The van der Waals surface area contributed by atoms with Gasteiger partial charge in [-0.05, 0) is 36.1 Å². The molecule has 0 saturated carbocycles. The molecule has 0 bridgehead atoms. The van der Waals surface area contributed by atoms with Gasteiger partial charge in [-0.1, -0.05) is 50.2 Å². The van der Waals surface area contributed by atoms with Crippen molar-refractivity contribution in [2.45, 2.75) is 26.7 Å². The maximum atomic E-state index is 12.5. The van der Waals surface area contributed by atoms with Crippen LogP contribution < -0.4 is 5.56 Å². The summed E-state index contributed by atoms with van der Waals surface area (Å²) < 4.78 is 1.35. The Labute approximate surface area is 135 Å². The first-order chi connectivity index (χ1) is 11.1. The maximum Gasteiger partial charge on any atom is 0.282 e. The molecule has 0 saturated heterocycles. The number of para-hydroxylation sites is 1. The lowest BCUT2D eigenvalue weighted by Crippen LogP contribution is -2.20. The normalized spacial score (nSPS) is 11.7. The largest absolute Gasteiger partial charge is 0.282 e. The van der Waals surface area contributed by atoms with Crippen LogP contribution in [0.3, 0.4) is 0 Å². The second-order valence-electron chi connectivity index (χ2n) is 5.86. The average Bonchev–Trinajstić information content (AvgIpc) is 2.55. The summed E-state index contributed by atoms with van der Waals surface area (Å²) in [4.78, 5) is 17.0. The van der Waals surface area contributed by atoms with E-state index >= 15 is 0 Å². The summed E-state index contributed by atoms with van der Waals surface area (Å²) in [6.45, 7) is 6.10. The van der Waals surface area contributed by atoms with E-state index < -0.39 is 0 Å². The van der Waals surface area contributed by atoms with Crippen molar-refractivity contribution in [2.75, 3.05) is 0 Å². The van der Waals surface area contributed by atoms with Crippen molar-refractivity contribution < 1.29 is 0 Å². The molecule has 0 fully saturated rings. The van der Waals surface area contributed by atoms with E-state index in [0.717, 1.165) is 5.56 Å². The highest BCUT2D eigenvalue weighted by Crippen LogP contribution is 2.14. The molecule has 3 aromatic rings. The molecule has 0 aliphatic rings. The Morgan fingerprint density at radius 2 is 1.78 bits per heavy atom. The van der Waals surface area contributed by atoms with Crippen LogP contribution in [0.15, 0.2) is 58.4 Å². The van der Waals surface area contributed by atoms with Crippen molar-refractivity contribution in [3.05, 3.63) is 75.8 Å². The molecule has 116 valence electrons. The maximum absolute atomic E-state index is 12.5. The van der Waals surface area contributed by atoms with Gasteiger partial charge in [0.2, 0.25) is 0 Å². The molecule has 0 aliphatic carbocycles. The third kappa shape index (κ3) is 3.06. The molecule has 0 unspecified atom stereocenters. The molecular formula is C19H19N3O. The monoisotopic (exact) mass is 305 g/mol. The second-order valence-corrected chi connectivity index (χ2v) is 5.86. The van der Waals surface area contributed by atoms with E-state index in [1.54, 1.807) is 19.2 Å². The quantitative estimate of drug-likeness (QED) is 0.693. The van der Waals surface area contributed by atoms with E-state index in [1.165, 1.54) is 10.2 Å². The molecule has 0 amide bonds. The molecule has 3 rings (SSSR count). The van der Waals surface area contributed by atoms with E-state index in [-0.39, 0.29) is 5.56 Å². The Morgan fingerprint density at radius 1 is 1.09 bits per heavy atom. The summed E-state index contributed by atoms with van der Waals surface area (Å²) in [5.74, 6) is 1.07. The van der Waals surface area contributed by atoms with Gasteiger partial charge in [-0.2, -0.15) is 9.78 Å². The van der Waals surface area contributed by atoms with E-state index in [4.69, 9.17) is 0 Å². The Bertz CT molecular complexity index is 921. The van der Waals surface area contributed by atoms with Crippen molar-refractivity contribution in [1.82, 2.24) is 9.66 Å². The summed E-state index contributed by atoms with van der Waals surface area (Å²) in [5.41, 5.74) is 2.78. The fraction of sp³-hybridized carbons (Fsp3) is 0.211. The summed E-state index contributed by atoms with van der Waals surface area (Å²) in [7, 11) is 0. The predicted octanol–water partition coefficient (Wildman–Crippen LogP) is 3.71. The molecule has 0 radical (unpaired) electrons. The van der Waals surface area contributed by atoms with Gasteiger partial charge in [0, 0.05) is 0 Å². The zero-order valence-electron chi connectivity index (χ0n) is 13.5. The highest BCUT2D eigenvalue weighted by molar-refractivity contribution is 5.80. The van der Waals surface area contributed by atoms with Crippen LogP contribution in [0, 0.1) is 6.92 Å². The number of hydrogen-bond acceptors (Lipinski definition) is 3. The van der Waals surface area contributed by atoms with Crippen LogP contribution in [0.2, 0.25) is 0 Å². The van der Waals surface area contributed by atoms with Crippen LogP contribution in [-0.2, 0) is 0 Å². The van der Waals surface area contributed by atoms with E-state index in [2.05, 4.69) is 36.1 Å². The molecule has 4 heteroatoms. The van der Waals surface area contributed by atoms with Crippen LogP contribution in [0.25, 0.3) is 10.9 Å². The first kappa shape index (κ1) is 15.2. The van der Waals surface area contributed by atoms with Gasteiger partial charge in [-0.15, -0.1) is 0 Å². The van der Waals surface area contributed by atoms with Crippen molar-refractivity contribution >= 4 is 17.1 Å². The highest BCUT2D eigenvalue weighted by Gasteiger charge is 2.06. The van der Waals surface area contributed by atoms with Crippen LogP contribution in [0.5, 0.6) is 0 Å². The average molecular weight is 305 g/mol. The van der Waals surface area contributed by atoms with Gasteiger partial charge in [0.25, 0.3) is 5.56 Å². The first-order valence-electron chi connectivity index (χ1n) is 7.69. The molecule has 1 heterocycles. The van der Waals surface area contributed by atoms with Gasteiger partial charge in [-0.25, -0.2) is 4.98 Å². The summed E-state index contributed by atoms with van der Waals surface area (Å²) >= 11 is 0. The second kappa shape index (κ2) is 6.16. The zero-order valence-corrected chi connectivity index (χ0v) is 13.5. The van der Waals surface area contributed by atoms with Gasteiger partial charge >= 0.3 is 0 Å². The van der Waals surface area contributed by atoms with Crippen LogP contribution in [0.1, 0.15) is 36.7 Å². The molecule has 2 aromatic carbocycles. The molecule has 0 aliphatic heterocycles. The lowest BCUT2D eigenvalue weighted by Gasteiger charge is -2.06. The third-order valence-corrected chi connectivity index (χ3v) is 3.84. The third-order valence-electron chi connectivity index (χ3n) is 3.84. The number of hydrogen-bond donors (Lipinski definition) is 0. The zero-order chi connectivity index (χ0) is 16.4. The Balaban J connectivity index is 1.99. The Kier molecular flexibility index (Phi) is 4.06. The van der Waals surface area contributed by atoms with Crippen molar-refractivity contribution in [2.24, 2.45) is 5.10 Å². The van der Waals surface area contributed by atoms with Crippen molar-refractivity contribution in [3.8, 4) is 0 Å². The molecule has 0 atom stereocenters. The van der Waals surface area contributed by atoms with E-state index in [1.807, 2.05) is 30.3 Å². The number of aryl methyl sites for hydroxylation is 1.